The van der Waals surface area contributed by atoms with E-state index in [1.54, 1.807) is 12.2 Å². The van der Waals surface area contributed by atoms with Gasteiger partial charge in [-0.2, -0.15) is 0 Å². The maximum absolute atomic E-state index is 11.7. The van der Waals surface area contributed by atoms with Gasteiger partial charge < -0.3 is 10.4 Å². The highest BCUT2D eigenvalue weighted by Gasteiger charge is 2.41. The third-order valence-electron chi connectivity index (χ3n) is 4.18. The van der Waals surface area contributed by atoms with Crippen LogP contribution in [0.2, 0.25) is 0 Å². The molecule has 0 aromatic heterocycles. The number of rotatable bonds is 7. The molecule has 2 heteroatoms. The molecule has 26 heavy (non-hydrogen) atoms. The molecule has 0 amide bonds. The molecule has 0 radical (unpaired) electrons. The molecule has 1 saturated heterocycles. The molecule has 0 spiro atoms. The first-order valence-corrected chi connectivity index (χ1v) is 10.00. The summed E-state index contributed by atoms with van der Waals surface area (Å²) >= 11 is 0. The average Bonchev–Trinajstić information content (AvgIpc) is 2.71. The van der Waals surface area contributed by atoms with Crippen molar-refractivity contribution in [3.63, 3.8) is 0 Å². The van der Waals surface area contributed by atoms with Crippen molar-refractivity contribution in [2.75, 3.05) is 13.1 Å². The van der Waals surface area contributed by atoms with E-state index in [1.807, 2.05) is 78.0 Å². The lowest BCUT2D eigenvalue weighted by Crippen LogP contribution is -2.46. The van der Waals surface area contributed by atoms with Gasteiger partial charge in [0.2, 0.25) is 0 Å². The van der Waals surface area contributed by atoms with Gasteiger partial charge in [0, 0.05) is 0 Å². The van der Waals surface area contributed by atoms with Crippen LogP contribution in [0.25, 0.3) is 0 Å². The molecule has 1 aliphatic rings. The van der Waals surface area contributed by atoms with Crippen molar-refractivity contribution in [2.24, 2.45) is 5.92 Å². The second-order valence-corrected chi connectivity index (χ2v) is 5.49. The van der Waals surface area contributed by atoms with E-state index >= 15 is 0 Å². The van der Waals surface area contributed by atoms with Gasteiger partial charge in [0.1, 0.15) is 5.60 Å². The largest absolute Gasteiger partial charge is 0.380 e. The Morgan fingerprint density at radius 2 is 1.54 bits per heavy atom. The third kappa shape index (κ3) is 7.72. The molecule has 1 fully saturated rings. The summed E-state index contributed by atoms with van der Waals surface area (Å²) in [6.07, 6.45) is 17.0. The van der Waals surface area contributed by atoms with Crippen LogP contribution in [0.5, 0.6) is 0 Å². The number of allylic oxidation sites excluding steroid dienone is 6. The lowest BCUT2D eigenvalue weighted by molar-refractivity contribution is 0.0423. The third-order valence-corrected chi connectivity index (χ3v) is 4.18. The first kappa shape index (κ1) is 26.6. The molecule has 2 nitrogen and oxygen atoms in total. The van der Waals surface area contributed by atoms with Gasteiger partial charge in [-0.3, -0.25) is 0 Å². The summed E-state index contributed by atoms with van der Waals surface area (Å²) in [6, 6.07) is 0. The zero-order chi connectivity index (χ0) is 20.4. The molecule has 0 bridgehead atoms. The van der Waals surface area contributed by atoms with Crippen LogP contribution in [0, 0.1) is 5.92 Å². The highest BCUT2D eigenvalue weighted by molar-refractivity contribution is 5.46. The standard InChI is InChI=1S/C20H29NO.2C2H6/c1-5-9-12-17(8-4)20(22,18(10-6-2)11-7-3)19-13-15-21-16-14-19;2*1-2/h5-12,19,21-22H,1-2,13-16H2,3-4H3;2*1-2H3/b11-7-,12-9-,17-8+,18-10+;;. The minimum Gasteiger partial charge on any atom is -0.380 e. The summed E-state index contributed by atoms with van der Waals surface area (Å²) in [4.78, 5) is 0. The average molecular weight is 360 g/mol. The topological polar surface area (TPSA) is 32.3 Å². The van der Waals surface area contributed by atoms with E-state index in [-0.39, 0.29) is 5.92 Å². The molecular weight excluding hydrogens is 318 g/mol. The van der Waals surface area contributed by atoms with E-state index in [1.165, 1.54) is 0 Å². The molecule has 0 aromatic rings. The Hall–Kier alpha value is -1.64. The van der Waals surface area contributed by atoms with Gasteiger partial charge in [-0.15, -0.1) is 0 Å². The Kier molecular flexibility index (Phi) is 17.2. The Morgan fingerprint density at radius 3 is 1.96 bits per heavy atom. The molecule has 0 aromatic carbocycles. The number of hydrogen-bond donors (Lipinski definition) is 2. The van der Waals surface area contributed by atoms with Crippen molar-refractivity contribution in [3.05, 3.63) is 72.9 Å². The van der Waals surface area contributed by atoms with Crippen molar-refractivity contribution < 1.29 is 5.11 Å². The van der Waals surface area contributed by atoms with Gasteiger partial charge in [0.05, 0.1) is 0 Å². The second-order valence-electron chi connectivity index (χ2n) is 5.49. The van der Waals surface area contributed by atoms with Crippen molar-refractivity contribution in [1.29, 1.82) is 0 Å². The fourth-order valence-corrected chi connectivity index (χ4v) is 3.11. The van der Waals surface area contributed by atoms with Crippen LogP contribution in [-0.2, 0) is 0 Å². The molecule has 2 N–H and O–H groups in total. The predicted octanol–water partition coefficient (Wildman–Crippen LogP) is 6.15. The molecule has 1 rings (SSSR count). The quantitative estimate of drug-likeness (QED) is 0.535. The molecule has 0 aliphatic carbocycles. The summed E-state index contributed by atoms with van der Waals surface area (Å²) in [5, 5.41) is 15.1. The monoisotopic (exact) mass is 359 g/mol. The fourth-order valence-electron chi connectivity index (χ4n) is 3.11. The van der Waals surface area contributed by atoms with Crippen molar-refractivity contribution in [1.82, 2.24) is 5.32 Å². The zero-order valence-corrected chi connectivity index (χ0v) is 17.9. The van der Waals surface area contributed by atoms with E-state index in [0.717, 1.165) is 37.1 Å². The number of piperidine rings is 1. The minimum atomic E-state index is -1.00. The van der Waals surface area contributed by atoms with Crippen LogP contribution < -0.4 is 5.32 Å². The van der Waals surface area contributed by atoms with Crippen LogP contribution in [0.1, 0.15) is 54.4 Å². The van der Waals surface area contributed by atoms with Gasteiger partial charge in [-0.05, 0) is 56.8 Å². The van der Waals surface area contributed by atoms with E-state index in [2.05, 4.69) is 18.5 Å². The van der Waals surface area contributed by atoms with E-state index in [4.69, 9.17) is 0 Å². The highest BCUT2D eigenvalue weighted by Crippen LogP contribution is 2.39. The Balaban J connectivity index is 0. The van der Waals surface area contributed by atoms with E-state index in [9.17, 15) is 5.11 Å². The first-order chi connectivity index (χ1) is 12.6. The molecule has 0 saturated carbocycles. The van der Waals surface area contributed by atoms with Gasteiger partial charge in [0.15, 0.2) is 0 Å². The van der Waals surface area contributed by atoms with Crippen molar-refractivity contribution >= 4 is 0 Å². The number of aliphatic hydroxyl groups is 1. The number of hydrogen-bond acceptors (Lipinski definition) is 2. The van der Waals surface area contributed by atoms with Crippen LogP contribution >= 0.6 is 0 Å². The van der Waals surface area contributed by atoms with Crippen LogP contribution in [-0.4, -0.2) is 23.8 Å². The SMILES string of the molecule is C=C/C=C\C(=C/C)C(O)(C(/C=C\C)=C/C=C)C1CCNCC1.CC.CC. The summed E-state index contributed by atoms with van der Waals surface area (Å²) in [5.41, 5.74) is 0.793. The fraction of sp³-hybridized carbons (Fsp3) is 0.500. The Morgan fingerprint density at radius 1 is 0.962 bits per heavy atom. The van der Waals surface area contributed by atoms with Crippen LogP contribution in [0.3, 0.4) is 0 Å². The molecule has 1 unspecified atom stereocenters. The summed E-state index contributed by atoms with van der Waals surface area (Å²) in [7, 11) is 0. The Labute approximate surface area is 162 Å². The molecule has 148 valence electrons. The lowest BCUT2D eigenvalue weighted by Gasteiger charge is -2.41. The van der Waals surface area contributed by atoms with Crippen molar-refractivity contribution in [3.8, 4) is 0 Å². The lowest BCUT2D eigenvalue weighted by atomic mass is 9.71. The molecule has 1 aliphatic heterocycles. The number of nitrogens with one attached hydrogen (secondary N) is 1. The summed E-state index contributed by atoms with van der Waals surface area (Å²) < 4.78 is 0. The van der Waals surface area contributed by atoms with Crippen LogP contribution in [0.4, 0.5) is 0 Å². The van der Waals surface area contributed by atoms with Gasteiger partial charge in [0.25, 0.3) is 0 Å². The summed E-state index contributed by atoms with van der Waals surface area (Å²) in [5.74, 6) is 0.178. The van der Waals surface area contributed by atoms with Gasteiger partial charge in [-0.1, -0.05) is 89.5 Å². The Bertz CT molecular complexity index is 490. The highest BCUT2D eigenvalue weighted by atomic mass is 16.3. The van der Waals surface area contributed by atoms with Gasteiger partial charge in [-0.25, -0.2) is 0 Å². The van der Waals surface area contributed by atoms with E-state index < -0.39 is 5.60 Å². The van der Waals surface area contributed by atoms with Gasteiger partial charge >= 0.3 is 0 Å². The zero-order valence-electron chi connectivity index (χ0n) is 17.9. The molecule has 1 heterocycles. The predicted molar refractivity (Wildman–Crippen MR) is 119 cm³/mol. The minimum absolute atomic E-state index is 0.178. The van der Waals surface area contributed by atoms with E-state index in [0.29, 0.717) is 0 Å². The second kappa shape index (κ2) is 16.8. The normalized spacial score (nSPS) is 18.4. The maximum Gasteiger partial charge on any atom is 0.117 e. The van der Waals surface area contributed by atoms with Crippen molar-refractivity contribution in [2.45, 2.75) is 60.0 Å². The molecular formula is C24H41NO. The maximum atomic E-state index is 11.7. The first-order valence-electron chi connectivity index (χ1n) is 10.00. The summed E-state index contributed by atoms with van der Waals surface area (Å²) in [6.45, 7) is 21.3. The smallest absolute Gasteiger partial charge is 0.117 e. The molecule has 1 atom stereocenters. The van der Waals surface area contributed by atoms with Crippen LogP contribution in [0.15, 0.2) is 72.9 Å².